The van der Waals surface area contributed by atoms with Gasteiger partial charge in [-0.05, 0) is 48.9 Å². The highest BCUT2D eigenvalue weighted by atomic mass is 19.4. The first-order chi connectivity index (χ1) is 11.9. The number of carboxylic acid groups (broad SMARTS) is 1. The predicted molar refractivity (Wildman–Crippen MR) is 83.3 cm³/mol. The summed E-state index contributed by atoms with van der Waals surface area (Å²) in [5.41, 5.74) is 2.74. The van der Waals surface area contributed by atoms with E-state index in [0.717, 1.165) is 0 Å². The van der Waals surface area contributed by atoms with Crippen molar-refractivity contribution in [2.75, 3.05) is 6.54 Å². The van der Waals surface area contributed by atoms with Crippen molar-refractivity contribution in [3.8, 4) is 0 Å². The molecule has 0 amide bonds. The fourth-order valence-electron chi connectivity index (χ4n) is 2.80. The lowest BCUT2D eigenvalue weighted by molar-refractivity contribution is -0.142. The molecule has 0 aliphatic carbocycles. The molecule has 0 saturated heterocycles. The minimum absolute atomic E-state index is 0.0501. The third-order valence-corrected chi connectivity index (χ3v) is 4.20. The Labute approximate surface area is 147 Å². The molecule has 9 heteroatoms. The molecule has 0 aliphatic rings. The number of carbonyl (C=O) groups is 1. The van der Waals surface area contributed by atoms with Gasteiger partial charge in [0.25, 0.3) is 0 Å². The van der Waals surface area contributed by atoms with Gasteiger partial charge in [-0.2, -0.15) is 26.3 Å². The lowest BCUT2D eigenvalue weighted by Gasteiger charge is -2.18. The minimum atomic E-state index is -4.74. The molecule has 1 aromatic rings. The zero-order valence-corrected chi connectivity index (χ0v) is 14.1. The number of benzene rings is 1. The SMILES string of the molecule is CC(CCCc1cc(C(F)(F)F)ccc1C(F)(F)F)CC(CN)C(=O)O. The van der Waals surface area contributed by atoms with Crippen molar-refractivity contribution in [2.24, 2.45) is 17.6 Å². The molecular formula is C17H21F6NO2. The lowest BCUT2D eigenvalue weighted by atomic mass is 9.90. The van der Waals surface area contributed by atoms with Gasteiger partial charge in [-0.3, -0.25) is 4.79 Å². The van der Waals surface area contributed by atoms with Crippen LogP contribution in [0.2, 0.25) is 0 Å². The number of rotatable bonds is 8. The van der Waals surface area contributed by atoms with E-state index in [1.165, 1.54) is 0 Å². The smallest absolute Gasteiger partial charge is 0.416 e. The molecule has 26 heavy (non-hydrogen) atoms. The van der Waals surface area contributed by atoms with Crippen LogP contribution in [0.15, 0.2) is 18.2 Å². The molecule has 0 aliphatic heterocycles. The maximum atomic E-state index is 13.0. The number of hydrogen-bond acceptors (Lipinski definition) is 2. The highest BCUT2D eigenvalue weighted by Gasteiger charge is 2.36. The topological polar surface area (TPSA) is 63.3 Å². The Kier molecular flexibility index (Phi) is 7.49. The zero-order chi connectivity index (χ0) is 20.1. The summed E-state index contributed by atoms with van der Waals surface area (Å²) in [5.74, 6) is -1.92. The van der Waals surface area contributed by atoms with Crippen molar-refractivity contribution in [1.29, 1.82) is 0 Å². The molecular weight excluding hydrogens is 364 g/mol. The van der Waals surface area contributed by atoms with E-state index in [1.54, 1.807) is 6.92 Å². The third-order valence-electron chi connectivity index (χ3n) is 4.20. The standard InChI is InChI=1S/C17H21F6NO2/c1-10(7-12(9-24)15(25)26)3-2-4-11-8-13(16(18,19)20)5-6-14(11)17(21,22)23/h5-6,8,10,12H,2-4,7,9,24H2,1H3,(H,25,26). The Bertz CT molecular complexity index is 612. The molecule has 0 spiro atoms. The van der Waals surface area contributed by atoms with Crippen molar-refractivity contribution < 1.29 is 36.2 Å². The number of alkyl halides is 6. The van der Waals surface area contributed by atoms with Crippen LogP contribution in [0.4, 0.5) is 26.3 Å². The van der Waals surface area contributed by atoms with E-state index in [-0.39, 0.29) is 31.7 Å². The predicted octanol–water partition coefficient (Wildman–Crippen LogP) is 4.73. The monoisotopic (exact) mass is 385 g/mol. The second-order valence-electron chi connectivity index (χ2n) is 6.37. The first-order valence-corrected chi connectivity index (χ1v) is 8.06. The summed E-state index contributed by atoms with van der Waals surface area (Å²) < 4.78 is 77.3. The van der Waals surface area contributed by atoms with E-state index in [4.69, 9.17) is 10.8 Å². The summed E-state index contributed by atoms with van der Waals surface area (Å²) in [4.78, 5) is 10.9. The number of aryl methyl sites for hydroxylation is 1. The molecule has 0 radical (unpaired) electrons. The Hall–Kier alpha value is -1.77. The van der Waals surface area contributed by atoms with E-state index in [9.17, 15) is 31.1 Å². The van der Waals surface area contributed by atoms with Crippen LogP contribution < -0.4 is 5.73 Å². The maximum Gasteiger partial charge on any atom is 0.416 e. The molecule has 3 nitrogen and oxygen atoms in total. The summed E-state index contributed by atoms with van der Waals surface area (Å²) in [6.07, 6.45) is -8.77. The van der Waals surface area contributed by atoms with Gasteiger partial charge in [-0.1, -0.05) is 13.3 Å². The minimum Gasteiger partial charge on any atom is -0.481 e. The highest BCUT2D eigenvalue weighted by Crippen LogP contribution is 2.37. The second kappa shape index (κ2) is 8.75. The molecule has 2 unspecified atom stereocenters. The van der Waals surface area contributed by atoms with Gasteiger partial charge in [-0.25, -0.2) is 0 Å². The Balaban J connectivity index is 2.83. The van der Waals surface area contributed by atoms with Crippen molar-refractivity contribution in [1.82, 2.24) is 0 Å². The largest absolute Gasteiger partial charge is 0.481 e. The maximum absolute atomic E-state index is 13.0. The quantitative estimate of drug-likeness (QED) is 0.636. The molecule has 0 aromatic heterocycles. The van der Waals surface area contributed by atoms with Gasteiger partial charge in [-0.15, -0.1) is 0 Å². The van der Waals surface area contributed by atoms with Gasteiger partial charge in [0.05, 0.1) is 17.0 Å². The Morgan fingerprint density at radius 2 is 1.77 bits per heavy atom. The van der Waals surface area contributed by atoms with Crippen LogP contribution in [0.25, 0.3) is 0 Å². The van der Waals surface area contributed by atoms with Gasteiger partial charge in [0.1, 0.15) is 0 Å². The molecule has 3 N–H and O–H groups in total. The molecule has 0 bridgehead atoms. The number of halogens is 6. The van der Waals surface area contributed by atoms with Gasteiger partial charge in [0, 0.05) is 6.54 Å². The van der Waals surface area contributed by atoms with E-state index < -0.39 is 40.9 Å². The average Bonchev–Trinajstić information content (AvgIpc) is 2.50. The average molecular weight is 385 g/mol. The molecule has 0 saturated carbocycles. The molecule has 148 valence electrons. The Morgan fingerprint density at radius 3 is 2.23 bits per heavy atom. The van der Waals surface area contributed by atoms with Gasteiger partial charge in [0.2, 0.25) is 0 Å². The molecule has 2 atom stereocenters. The van der Waals surface area contributed by atoms with Crippen LogP contribution in [0.3, 0.4) is 0 Å². The number of aliphatic carboxylic acids is 1. The zero-order valence-electron chi connectivity index (χ0n) is 14.1. The summed E-state index contributed by atoms with van der Waals surface area (Å²) >= 11 is 0. The van der Waals surface area contributed by atoms with Gasteiger partial charge < -0.3 is 10.8 Å². The van der Waals surface area contributed by atoms with E-state index in [0.29, 0.717) is 24.6 Å². The highest BCUT2D eigenvalue weighted by molar-refractivity contribution is 5.70. The summed E-state index contributed by atoms with van der Waals surface area (Å²) in [6.45, 7) is 1.69. The Morgan fingerprint density at radius 1 is 1.15 bits per heavy atom. The van der Waals surface area contributed by atoms with Crippen molar-refractivity contribution in [3.05, 3.63) is 34.9 Å². The molecule has 1 aromatic carbocycles. The van der Waals surface area contributed by atoms with Crippen molar-refractivity contribution >= 4 is 5.97 Å². The second-order valence-corrected chi connectivity index (χ2v) is 6.37. The first-order valence-electron chi connectivity index (χ1n) is 8.06. The summed E-state index contributed by atoms with van der Waals surface area (Å²) in [5, 5.41) is 8.95. The van der Waals surface area contributed by atoms with Gasteiger partial charge in [0.15, 0.2) is 0 Å². The lowest BCUT2D eigenvalue weighted by Crippen LogP contribution is -2.25. The van der Waals surface area contributed by atoms with Crippen molar-refractivity contribution in [2.45, 2.75) is 45.0 Å². The van der Waals surface area contributed by atoms with Crippen LogP contribution in [-0.4, -0.2) is 17.6 Å². The van der Waals surface area contributed by atoms with E-state index in [1.807, 2.05) is 0 Å². The van der Waals surface area contributed by atoms with Crippen LogP contribution in [0.1, 0.15) is 42.9 Å². The summed E-state index contributed by atoms with van der Waals surface area (Å²) in [6, 6.07) is 1.41. The molecule has 1 rings (SSSR count). The number of carboxylic acids is 1. The molecule has 0 fully saturated rings. The van der Waals surface area contributed by atoms with Crippen LogP contribution >= 0.6 is 0 Å². The number of nitrogens with two attached hydrogens (primary N) is 1. The van der Waals surface area contributed by atoms with Gasteiger partial charge >= 0.3 is 18.3 Å². The molecule has 0 heterocycles. The van der Waals surface area contributed by atoms with E-state index >= 15 is 0 Å². The fourth-order valence-corrected chi connectivity index (χ4v) is 2.80. The third kappa shape index (κ3) is 6.51. The van der Waals surface area contributed by atoms with Crippen LogP contribution in [-0.2, 0) is 23.6 Å². The first kappa shape index (κ1) is 22.3. The number of hydrogen-bond donors (Lipinski definition) is 2. The fraction of sp³-hybridized carbons (Fsp3) is 0.588. The van der Waals surface area contributed by atoms with Crippen molar-refractivity contribution in [3.63, 3.8) is 0 Å². The van der Waals surface area contributed by atoms with Crippen LogP contribution in [0, 0.1) is 11.8 Å². The summed E-state index contributed by atoms with van der Waals surface area (Å²) in [7, 11) is 0. The van der Waals surface area contributed by atoms with E-state index in [2.05, 4.69) is 0 Å². The normalized spacial score (nSPS) is 14.9. The van der Waals surface area contributed by atoms with Crippen LogP contribution in [0.5, 0.6) is 0 Å².